The Bertz CT molecular complexity index is 480. The molecule has 5 heteroatoms. The summed E-state index contributed by atoms with van der Waals surface area (Å²) in [6.07, 6.45) is 6.92. The number of pyridine rings is 1. The molecule has 0 aliphatic carbocycles. The molecule has 0 unspecified atom stereocenters. The number of hydrogen-bond donors (Lipinski definition) is 0. The van der Waals surface area contributed by atoms with Crippen molar-refractivity contribution in [1.29, 1.82) is 0 Å². The Balaban J connectivity index is 2.93. The smallest absolute Gasteiger partial charge is 0.229 e. The lowest BCUT2D eigenvalue weighted by Crippen LogP contribution is -2.14. The average molecular weight is 310 g/mol. The number of terminal acetylenes is 1. The summed E-state index contributed by atoms with van der Waals surface area (Å²) in [6.45, 7) is 5.05. The molecule has 0 aromatic carbocycles. The van der Waals surface area contributed by atoms with Crippen LogP contribution in [0, 0.1) is 19.3 Å². The van der Waals surface area contributed by atoms with E-state index in [1.165, 1.54) is 0 Å². The van der Waals surface area contributed by atoms with E-state index in [0.29, 0.717) is 5.88 Å². The summed E-state index contributed by atoms with van der Waals surface area (Å²) < 4.78 is 6.06. The van der Waals surface area contributed by atoms with E-state index in [4.69, 9.17) is 11.2 Å². The van der Waals surface area contributed by atoms with Crippen molar-refractivity contribution < 1.29 is 4.74 Å². The van der Waals surface area contributed by atoms with Crippen molar-refractivity contribution in [1.82, 2.24) is 9.88 Å². The molecule has 0 aliphatic rings. The van der Waals surface area contributed by atoms with Crippen molar-refractivity contribution in [3.8, 4) is 18.2 Å². The Morgan fingerprint density at radius 1 is 1.67 bits per heavy atom. The zero-order valence-electron chi connectivity index (χ0n) is 10.8. The highest BCUT2D eigenvalue weighted by Gasteiger charge is 2.07. The van der Waals surface area contributed by atoms with Gasteiger partial charge in [0.25, 0.3) is 0 Å². The molecule has 1 heterocycles. The lowest BCUT2D eigenvalue weighted by atomic mass is 10.3. The van der Waals surface area contributed by atoms with Crippen LogP contribution in [-0.2, 0) is 0 Å². The van der Waals surface area contributed by atoms with Crippen molar-refractivity contribution >= 4 is 28.0 Å². The van der Waals surface area contributed by atoms with E-state index in [9.17, 15) is 0 Å². The second kappa shape index (κ2) is 7.02. The fraction of sp³-hybridized carbons (Fsp3) is 0.385. The minimum atomic E-state index is 0.201. The minimum absolute atomic E-state index is 0.201. The van der Waals surface area contributed by atoms with Crippen LogP contribution in [0.5, 0.6) is 5.88 Å². The molecule has 0 N–H and O–H groups in total. The molecule has 96 valence electrons. The van der Waals surface area contributed by atoms with Crippen molar-refractivity contribution in [3.63, 3.8) is 0 Å². The first-order chi connectivity index (χ1) is 8.58. The summed E-state index contributed by atoms with van der Waals surface area (Å²) in [7, 11) is 1.96. The van der Waals surface area contributed by atoms with Gasteiger partial charge in [-0.05, 0) is 35.8 Å². The summed E-state index contributed by atoms with van der Waals surface area (Å²) in [5.74, 6) is 2.90. The molecule has 1 aromatic rings. The molecule has 0 spiro atoms. The van der Waals surface area contributed by atoms with E-state index in [0.717, 1.165) is 22.4 Å². The van der Waals surface area contributed by atoms with Crippen LogP contribution in [0.3, 0.4) is 0 Å². The molecule has 0 atom stereocenters. The third-order valence-corrected chi connectivity index (χ3v) is 2.86. The predicted molar refractivity (Wildman–Crippen MR) is 77.5 cm³/mol. The zero-order chi connectivity index (χ0) is 13.5. The van der Waals surface area contributed by atoms with Gasteiger partial charge in [0.15, 0.2) is 6.61 Å². The van der Waals surface area contributed by atoms with Crippen LogP contribution in [0.25, 0.3) is 0 Å². The first-order valence-corrected chi connectivity index (χ1v) is 6.35. The van der Waals surface area contributed by atoms with Gasteiger partial charge in [0.2, 0.25) is 5.88 Å². The number of ether oxygens (including phenoxy) is 1. The summed E-state index contributed by atoms with van der Waals surface area (Å²) >= 11 is 3.39. The normalized spacial score (nSPS) is 10.4. The van der Waals surface area contributed by atoms with Crippen molar-refractivity contribution in [2.75, 3.05) is 20.2 Å². The summed E-state index contributed by atoms with van der Waals surface area (Å²) in [5.41, 5.74) is 1.60. The predicted octanol–water partition coefficient (Wildman–Crippen LogP) is 2.78. The molecule has 0 saturated carbocycles. The lowest BCUT2D eigenvalue weighted by molar-refractivity contribution is 0.352. The van der Waals surface area contributed by atoms with Gasteiger partial charge in [0, 0.05) is 13.6 Å². The summed E-state index contributed by atoms with van der Waals surface area (Å²) in [4.78, 5) is 10.7. The standard InChI is InChI=1S/C13H16BrN3O/c1-5-7-18-13-11(14)8-12(10(3)16-13)15-9-17(4)6-2/h1,8-9H,6-7H2,2-4H3. The number of nitrogens with zero attached hydrogens (tertiary/aromatic N) is 3. The van der Waals surface area contributed by atoms with Gasteiger partial charge < -0.3 is 9.64 Å². The van der Waals surface area contributed by atoms with E-state index in [1.54, 1.807) is 6.34 Å². The Morgan fingerprint density at radius 3 is 3.00 bits per heavy atom. The lowest BCUT2D eigenvalue weighted by Gasteiger charge is -2.10. The molecule has 0 saturated heterocycles. The second-order valence-electron chi connectivity index (χ2n) is 3.69. The molecule has 0 aliphatic heterocycles. The van der Waals surface area contributed by atoms with E-state index >= 15 is 0 Å². The molecule has 4 nitrogen and oxygen atoms in total. The molecular weight excluding hydrogens is 294 g/mol. The largest absolute Gasteiger partial charge is 0.464 e. The number of hydrogen-bond acceptors (Lipinski definition) is 3. The minimum Gasteiger partial charge on any atom is -0.464 e. The molecule has 1 aromatic heterocycles. The number of aromatic nitrogens is 1. The van der Waals surface area contributed by atoms with Gasteiger partial charge in [-0.3, -0.25) is 0 Å². The first-order valence-electron chi connectivity index (χ1n) is 5.56. The Kier molecular flexibility index (Phi) is 5.66. The van der Waals surface area contributed by atoms with Crippen LogP contribution in [0.4, 0.5) is 5.69 Å². The van der Waals surface area contributed by atoms with Gasteiger partial charge in [-0.2, -0.15) is 0 Å². The third-order valence-electron chi connectivity index (χ3n) is 2.29. The van der Waals surface area contributed by atoms with E-state index in [2.05, 4.69) is 38.8 Å². The van der Waals surface area contributed by atoms with Crippen LogP contribution in [-0.4, -0.2) is 36.4 Å². The van der Waals surface area contributed by atoms with Crippen LogP contribution in [0.15, 0.2) is 15.5 Å². The summed E-state index contributed by atoms with van der Waals surface area (Å²) in [5, 5.41) is 0. The van der Waals surface area contributed by atoms with Gasteiger partial charge >= 0.3 is 0 Å². The molecule has 0 fully saturated rings. The number of aryl methyl sites for hydroxylation is 1. The number of aliphatic imine (C=N–C) groups is 1. The van der Waals surface area contributed by atoms with Crippen LogP contribution in [0.1, 0.15) is 12.6 Å². The maximum absolute atomic E-state index is 5.31. The maximum atomic E-state index is 5.31. The molecule has 18 heavy (non-hydrogen) atoms. The zero-order valence-corrected chi connectivity index (χ0v) is 12.4. The fourth-order valence-electron chi connectivity index (χ4n) is 1.13. The van der Waals surface area contributed by atoms with Crippen LogP contribution in [0.2, 0.25) is 0 Å². The maximum Gasteiger partial charge on any atom is 0.229 e. The van der Waals surface area contributed by atoms with Gasteiger partial charge in [-0.1, -0.05) is 5.92 Å². The second-order valence-corrected chi connectivity index (χ2v) is 4.54. The molecule has 1 rings (SSSR count). The number of rotatable bonds is 5. The molecule has 0 amide bonds. The van der Waals surface area contributed by atoms with Gasteiger partial charge in [0.05, 0.1) is 22.2 Å². The van der Waals surface area contributed by atoms with Crippen LogP contribution < -0.4 is 4.74 Å². The fourth-order valence-corrected chi connectivity index (χ4v) is 1.55. The Hall–Kier alpha value is -1.54. The molecular formula is C13H16BrN3O. The monoisotopic (exact) mass is 309 g/mol. The van der Waals surface area contributed by atoms with Crippen LogP contribution >= 0.6 is 15.9 Å². The topological polar surface area (TPSA) is 37.7 Å². The van der Waals surface area contributed by atoms with E-state index in [1.807, 2.05) is 24.9 Å². The molecule has 0 radical (unpaired) electrons. The van der Waals surface area contributed by atoms with Gasteiger partial charge in [-0.25, -0.2) is 9.98 Å². The average Bonchev–Trinajstić information content (AvgIpc) is 2.37. The Morgan fingerprint density at radius 2 is 2.39 bits per heavy atom. The summed E-state index contributed by atoms with van der Waals surface area (Å²) in [6, 6.07) is 1.87. The SMILES string of the molecule is C#CCOc1nc(C)c(N=CN(C)CC)cc1Br. The third kappa shape index (κ3) is 4.04. The van der Waals surface area contributed by atoms with Crippen molar-refractivity contribution in [2.24, 2.45) is 4.99 Å². The van der Waals surface area contributed by atoms with E-state index < -0.39 is 0 Å². The quantitative estimate of drug-likeness (QED) is 0.477. The first kappa shape index (κ1) is 14.5. The van der Waals surface area contributed by atoms with Gasteiger partial charge in [0.1, 0.15) is 0 Å². The highest BCUT2D eigenvalue weighted by molar-refractivity contribution is 9.10. The number of halogens is 1. The highest BCUT2D eigenvalue weighted by Crippen LogP contribution is 2.29. The van der Waals surface area contributed by atoms with Crippen molar-refractivity contribution in [2.45, 2.75) is 13.8 Å². The Labute approximate surface area is 116 Å². The van der Waals surface area contributed by atoms with Gasteiger partial charge in [-0.15, -0.1) is 6.42 Å². The highest BCUT2D eigenvalue weighted by atomic mass is 79.9. The van der Waals surface area contributed by atoms with E-state index in [-0.39, 0.29) is 6.61 Å². The molecule has 0 bridgehead atoms. The van der Waals surface area contributed by atoms with Crippen molar-refractivity contribution in [3.05, 3.63) is 16.2 Å².